The molecule has 0 saturated heterocycles. The highest BCUT2D eigenvalue weighted by Gasteiger charge is 2.06. The van der Waals surface area contributed by atoms with Gasteiger partial charge in [0.15, 0.2) is 11.7 Å². The molecule has 0 spiro atoms. The first kappa shape index (κ1) is 14.3. The summed E-state index contributed by atoms with van der Waals surface area (Å²) in [6.07, 6.45) is 0. The SMILES string of the molecule is Cc1cccc(OCC(=O)Nc2ccc3nc(N)sc3c2)c1. The first-order valence-electron chi connectivity index (χ1n) is 6.75. The van der Waals surface area contributed by atoms with Crippen LogP contribution in [0.1, 0.15) is 5.56 Å². The van der Waals surface area contributed by atoms with Crippen molar-refractivity contribution in [3.8, 4) is 5.75 Å². The summed E-state index contributed by atoms with van der Waals surface area (Å²) in [5, 5.41) is 3.32. The molecular formula is C16H15N3O2S. The molecule has 6 heteroatoms. The lowest BCUT2D eigenvalue weighted by Crippen LogP contribution is -2.20. The van der Waals surface area contributed by atoms with E-state index in [-0.39, 0.29) is 12.5 Å². The van der Waals surface area contributed by atoms with Gasteiger partial charge >= 0.3 is 0 Å². The molecular weight excluding hydrogens is 298 g/mol. The Morgan fingerprint density at radius 1 is 1.32 bits per heavy atom. The van der Waals surface area contributed by atoms with Crippen molar-refractivity contribution in [3.63, 3.8) is 0 Å². The van der Waals surface area contributed by atoms with E-state index in [4.69, 9.17) is 10.5 Å². The third-order valence-electron chi connectivity index (χ3n) is 3.05. The molecule has 5 nitrogen and oxygen atoms in total. The minimum Gasteiger partial charge on any atom is -0.484 e. The van der Waals surface area contributed by atoms with Gasteiger partial charge < -0.3 is 15.8 Å². The molecule has 0 aliphatic heterocycles. The molecule has 1 heterocycles. The largest absolute Gasteiger partial charge is 0.484 e. The number of carbonyl (C=O) groups is 1. The monoisotopic (exact) mass is 313 g/mol. The number of benzene rings is 2. The van der Waals surface area contributed by atoms with Crippen LogP contribution in [-0.4, -0.2) is 17.5 Å². The van der Waals surface area contributed by atoms with Crippen molar-refractivity contribution in [3.05, 3.63) is 48.0 Å². The number of ether oxygens (including phenoxy) is 1. The number of anilines is 2. The maximum atomic E-state index is 11.9. The van der Waals surface area contributed by atoms with E-state index in [2.05, 4.69) is 10.3 Å². The number of hydrogen-bond acceptors (Lipinski definition) is 5. The van der Waals surface area contributed by atoms with Gasteiger partial charge in [0.1, 0.15) is 5.75 Å². The highest BCUT2D eigenvalue weighted by Crippen LogP contribution is 2.26. The Morgan fingerprint density at radius 3 is 3.00 bits per heavy atom. The Kier molecular flexibility index (Phi) is 3.93. The Bertz CT molecular complexity index is 829. The molecule has 0 unspecified atom stereocenters. The predicted octanol–water partition coefficient (Wildman–Crippen LogP) is 3.20. The molecule has 3 rings (SSSR count). The van der Waals surface area contributed by atoms with Crippen LogP contribution in [0.25, 0.3) is 10.2 Å². The van der Waals surface area contributed by atoms with Gasteiger partial charge in [-0.25, -0.2) is 4.98 Å². The fraction of sp³-hybridized carbons (Fsp3) is 0.125. The molecule has 0 radical (unpaired) electrons. The average Bonchev–Trinajstić information content (AvgIpc) is 2.84. The number of aryl methyl sites for hydroxylation is 1. The summed E-state index contributed by atoms with van der Waals surface area (Å²) in [5.41, 5.74) is 8.29. The summed E-state index contributed by atoms with van der Waals surface area (Å²) in [7, 11) is 0. The van der Waals surface area contributed by atoms with Crippen molar-refractivity contribution in [2.75, 3.05) is 17.7 Å². The van der Waals surface area contributed by atoms with Crippen LogP contribution < -0.4 is 15.8 Å². The van der Waals surface area contributed by atoms with Gasteiger partial charge in [-0.05, 0) is 42.8 Å². The van der Waals surface area contributed by atoms with E-state index in [1.54, 1.807) is 6.07 Å². The summed E-state index contributed by atoms with van der Waals surface area (Å²) in [6, 6.07) is 13.1. The van der Waals surface area contributed by atoms with Crippen LogP contribution in [0.3, 0.4) is 0 Å². The molecule has 0 aliphatic carbocycles. The molecule has 2 aromatic carbocycles. The van der Waals surface area contributed by atoms with Crippen LogP contribution in [0.15, 0.2) is 42.5 Å². The minimum atomic E-state index is -0.210. The molecule has 22 heavy (non-hydrogen) atoms. The Labute approximate surface area is 131 Å². The minimum absolute atomic E-state index is 0.0354. The zero-order valence-electron chi connectivity index (χ0n) is 12.0. The van der Waals surface area contributed by atoms with Crippen LogP contribution in [0.5, 0.6) is 5.75 Å². The Hall–Kier alpha value is -2.60. The van der Waals surface area contributed by atoms with Crippen LogP contribution >= 0.6 is 11.3 Å². The fourth-order valence-electron chi connectivity index (χ4n) is 2.07. The fourth-order valence-corrected chi connectivity index (χ4v) is 2.84. The van der Waals surface area contributed by atoms with Crippen molar-refractivity contribution in [2.45, 2.75) is 6.92 Å². The van der Waals surface area contributed by atoms with Crippen LogP contribution in [0.2, 0.25) is 0 Å². The van der Waals surface area contributed by atoms with Crippen molar-refractivity contribution in [1.29, 1.82) is 0 Å². The lowest BCUT2D eigenvalue weighted by atomic mass is 10.2. The molecule has 0 fully saturated rings. The highest BCUT2D eigenvalue weighted by molar-refractivity contribution is 7.22. The third kappa shape index (κ3) is 3.35. The molecule has 3 aromatic rings. The summed E-state index contributed by atoms with van der Waals surface area (Å²) < 4.78 is 6.41. The number of nitrogens with one attached hydrogen (secondary N) is 1. The number of nitrogens with zero attached hydrogens (tertiary/aromatic N) is 1. The number of hydrogen-bond donors (Lipinski definition) is 2. The van der Waals surface area contributed by atoms with Crippen LogP contribution in [0.4, 0.5) is 10.8 Å². The van der Waals surface area contributed by atoms with Gasteiger partial charge in [0.25, 0.3) is 5.91 Å². The van der Waals surface area contributed by atoms with E-state index < -0.39 is 0 Å². The molecule has 0 aliphatic rings. The Balaban J connectivity index is 1.62. The van der Waals surface area contributed by atoms with E-state index in [1.807, 2.05) is 43.3 Å². The van der Waals surface area contributed by atoms with Gasteiger partial charge in [-0.2, -0.15) is 0 Å². The maximum Gasteiger partial charge on any atom is 0.262 e. The lowest BCUT2D eigenvalue weighted by Gasteiger charge is -2.08. The Morgan fingerprint density at radius 2 is 2.18 bits per heavy atom. The molecule has 1 aromatic heterocycles. The summed E-state index contributed by atoms with van der Waals surface area (Å²) in [5.74, 6) is 0.471. The second kappa shape index (κ2) is 6.03. The molecule has 3 N–H and O–H groups in total. The number of carbonyl (C=O) groups excluding carboxylic acids is 1. The molecule has 0 atom stereocenters. The maximum absolute atomic E-state index is 11.9. The number of rotatable bonds is 4. The topological polar surface area (TPSA) is 77.2 Å². The van der Waals surface area contributed by atoms with E-state index >= 15 is 0 Å². The number of nitrogens with two attached hydrogens (primary N) is 1. The number of nitrogen functional groups attached to an aromatic ring is 1. The lowest BCUT2D eigenvalue weighted by molar-refractivity contribution is -0.118. The van der Waals surface area contributed by atoms with Crippen LogP contribution in [-0.2, 0) is 4.79 Å². The van der Waals surface area contributed by atoms with Gasteiger partial charge in [-0.3, -0.25) is 4.79 Å². The summed E-state index contributed by atoms with van der Waals surface area (Å²) in [4.78, 5) is 16.1. The van der Waals surface area contributed by atoms with Gasteiger partial charge in [-0.1, -0.05) is 23.5 Å². The zero-order chi connectivity index (χ0) is 15.5. The van der Waals surface area contributed by atoms with Crippen molar-refractivity contribution in [1.82, 2.24) is 4.98 Å². The highest BCUT2D eigenvalue weighted by atomic mass is 32.1. The molecule has 1 amide bonds. The van der Waals surface area contributed by atoms with Crippen molar-refractivity contribution in [2.24, 2.45) is 0 Å². The van der Waals surface area contributed by atoms with Crippen LogP contribution in [0, 0.1) is 6.92 Å². The number of aromatic nitrogens is 1. The van der Waals surface area contributed by atoms with E-state index in [0.717, 1.165) is 15.8 Å². The number of amides is 1. The van der Waals surface area contributed by atoms with Crippen molar-refractivity contribution >= 4 is 38.3 Å². The predicted molar refractivity (Wildman–Crippen MR) is 89.3 cm³/mol. The van der Waals surface area contributed by atoms with E-state index in [9.17, 15) is 4.79 Å². The quantitative estimate of drug-likeness (QED) is 0.775. The second-order valence-corrected chi connectivity index (χ2v) is 5.95. The first-order chi connectivity index (χ1) is 10.6. The number of thiazole rings is 1. The summed E-state index contributed by atoms with van der Waals surface area (Å²) in [6.45, 7) is 1.94. The second-order valence-electron chi connectivity index (χ2n) is 4.89. The van der Waals surface area contributed by atoms with E-state index in [0.29, 0.717) is 16.6 Å². The normalized spacial score (nSPS) is 10.6. The van der Waals surface area contributed by atoms with Gasteiger partial charge in [0.05, 0.1) is 10.2 Å². The third-order valence-corrected chi connectivity index (χ3v) is 3.90. The summed E-state index contributed by atoms with van der Waals surface area (Å²) >= 11 is 1.39. The van der Waals surface area contributed by atoms with Crippen molar-refractivity contribution < 1.29 is 9.53 Å². The number of fused-ring (bicyclic) bond motifs is 1. The molecule has 0 bridgehead atoms. The standard InChI is InChI=1S/C16H15N3O2S/c1-10-3-2-4-12(7-10)21-9-15(20)18-11-5-6-13-14(8-11)22-16(17)19-13/h2-8H,9H2,1H3,(H2,17,19)(H,18,20). The molecule has 112 valence electrons. The molecule has 0 saturated carbocycles. The zero-order valence-corrected chi connectivity index (χ0v) is 12.8. The van der Waals surface area contributed by atoms with Gasteiger partial charge in [-0.15, -0.1) is 0 Å². The average molecular weight is 313 g/mol. The smallest absolute Gasteiger partial charge is 0.262 e. The van der Waals surface area contributed by atoms with E-state index in [1.165, 1.54) is 11.3 Å². The van der Waals surface area contributed by atoms with Gasteiger partial charge in [0.2, 0.25) is 0 Å². The van der Waals surface area contributed by atoms with Gasteiger partial charge in [0, 0.05) is 5.69 Å². The first-order valence-corrected chi connectivity index (χ1v) is 7.57.